The fourth-order valence-corrected chi connectivity index (χ4v) is 1.45. The maximum atomic E-state index is 11.2. The number of hydrogen-bond donors (Lipinski definition) is 0. The van der Waals surface area contributed by atoms with Gasteiger partial charge < -0.3 is 9.47 Å². The van der Waals surface area contributed by atoms with Crippen molar-refractivity contribution in [1.82, 2.24) is 9.97 Å². The first kappa shape index (κ1) is 10.0. The van der Waals surface area contributed by atoms with Gasteiger partial charge in [0.15, 0.2) is 11.6 Å². The molecular formula is C10H12N2O3. The highest BCUT2D eigenvalue weighted by atomic mass is 16.5. The molecule has 2 rings (SSSR count). The smallest absolute Gasteiger partial charge is 0.157 e. The largest absolute Gasteiger partial charge is 0.494 e. The highest BCUT2D eigenvalue weighted by Crippen LogP contribution is 2.23. The number of carbonyl (C=O) groups is 1. The summed E-state index contributed by atoms with van der Waals surface area (Å²) in [6.45, 7) is 0.457. The van der Waals surface area contributed by atoms with E-state index < -0.39 is 0 Å². The van der Waals surface area contributed by atoms with E-state index in [1.54, 1.807) is 19.5 Å². The van der Waals surface area contributed by atoms with Crippen molar-refractivity contribution in [2.75, 3.05) is 13.7 Å². The molecular weight excluding hydrogens is 196 g/mol. The van der Waals surface area contributed by atoms with E-state index >= 15 is 0 Å². The lowest BCUT2D eigenvalue weighted by atomic mass is 10.1. The lowest BCUT2D eigenvalue weighted by molar-refractivity contribution is -0.129. The van der Waals surface area contributed by atoms with Gasteiger partial charge in [-0.3, -0.25) is 4.79 Å². The quantitative estimate of drug-likeness (QED) is 0.722. The van der Waals surface area contributed by atoms with Crippen molar-refractivity contribution in [2.24, 2.45) is 0 Å². The maximum absolute atomic E-state index is 11.2. The van der Waals surface area contributed by atoms with E-state index in [2.05, 4.69) is 9.97 Å². The van der Waals surface area contributed by atoms with Crippen molar-refractivity contribution >= 4 is 5.78 Å². The monoisotopic (exact) mass is 208 g/mol. The number of ketones is 1. The van der Waals surface area contributed by atoms with Crippen LogP contribution in [-0.4, -0.2) is 29.5 Å². The topological polar surface area (TPSA) is 61.3 Å². The molecule has 0 radical (unpaired) electrons. The fraction of sp³-hybridized carbons (Fsp3) is 0.500. The van der Waals surface area contributed by atoms with Gasteiger partial charge in [0.1, 0.15) is 11.9 Å². The van der Waals surface area contributed by atoms with Crippen LogP contribution >= 0.6 is 0 Å². The number of carbonyl (C=O) groups excluding carboxylic acids is 1. The molecule has 2 heterocycles. The van der Waals surface area contributed by atoms with E-state index in [0.29, 0.717) is 31.0 Å². The zero-order chi connectivity index (χ0) is 10.7. The first-order valence-electron chi connectivity index (χ1n) is 4.79. The Morgan fingerprint density at radius 3 is 2.80 bits per heavy atom. The Balaban J connectivity index is 2.11. The van der Waals surface area contributed by atoms with Crippen molar-refractivity contribution in [3.8, 4) is 5.75 Å². The molecule has 1 aliphatic rings. The van der Waals surface area contributed by atoms with Gasteiger partial charge in [-0.1, -0.05) is 0 Å². The third-order valence-electron chi connectivity index (χ3n) is 2.28. The summed E-state index contributed by atoms with van der Waals surface area (Å²) in [5.41, 5.74) is 0. The molecule has 1 fully saturated rings. The van der Waals surface area contributed by atoms with Crippen LogP contribution in [0.1, 0.15) is 24.8 Å². The van der Waals surface area contributed by atoms with Crippen LogP contribution in [0.5, 0.6) is 5.75 Å². The van der Waals surface area contributed by atoms with Crippen molar-refractivity contribution < 1.29 is 14.3 Å². The molecule has 5 nitrogen and oxygen atoms in total. The van der Waals surface area contributed by atoms with Gasteiger partial charge in [0.2, 0.25) is 0 Å². The van der Waals surface area contributed by atoms with Crippen LogP contribution in [-0.2, 0) is 9.53 Å². The third-order valence-corrected chi connectivity index (χ3v) is 2.28. The molecule has 5 heteroatoms. The summed E-state index contributed by atoms with van der Waals surface area (Å²) in [4.78, 5) is 19.4. The van der Waals surface area contributed by atoms with E-state index in [9.17, 15) is 4.79 Å². The number of Topliss-reactive ketones (excluding diaryl/α,β-unsaturated/α-hetero) is 1. The van der Waals surface area contributed by atoms with E-state index in [1.807, 2.05) is 0 Å². The molecule has 0 saturated carbocycles. The summed E-state index contributed by atoms with van der Waals surface area (Å²) >= 11 is 0. The van der Waals surface area contributed by atoms with Gasteiger partial charge in [0.25, 0.3) is 0 Å². The van der Waals surface area contributed by atoms with E-state index in [1.165, 1.54) is 0 Å². The van der Waals surface area contributed by atoms with Crippen molar-refractivity contribution in [1.29, 1.82) is 0 Å². The summed E-state index contributed by atoms with van der Waals surface area (Å²) in [7, 11) is 1.55. The first-order valence-corrected chi connectivity index (χ1v) is 4.79. The van der Waals surface area contributed by atoms with Gasteiger partial charge in [-0.15, -0.1) is 0 Å². The lowest BCUT2D eigenvalue weighted by Crippen LogP contribution is -2.21. The van der Waals surface area contributed by atoms with Gasteiger partial charge in [-0.25, -0.2) is 9.97 Å². The molecule has 0 N–H and O–H groups in total. The average Bonchev–Trinajstić information content (AvgIpc) is 2.29. The van der Waals surface area contributed by atoms with Gasteiger partial charge in [-0.2, -0.15) is 0 Å². The predicted molar refractivity (Wildman–Crippen MR) is 51.5 cm³/mol. The summed E-state index contributed by atoms with van der Waals surface area (Å²) in [6.07, 6.45) is 3.71. The molecule has 0 bridgehead atoms. The van der Waals surface area contributed by atoms with E-state index in [0.717, 1.165) is 0 Å². The maximum Gasteiger partial charge on any atom is 0.157 e. The van der Waals surface area contributed by atoms with Crippen LogP contribution in [0.25, 0.3) is 0 Å². The summed E-state index contributed by atoms with van der Waals surface area (Å²) in [5.74, 6) is 1.34. The Bertz CT molecular complexity index is 350. The second-order valence-electron chi connectivity index (χ2n) is 3.33. The zero-order valence-corrected chi connectivity index (χ0v) is 8.47. The molecule has 0 amide bonds. The minimum Gasteiger partial charge on any atom is -0.494 e. The second-order valence-corrected chi connectivity index (χ2v) is 3.33. The Morgan fingerprint density at radius 1 is 1.47 bits per heavy atom. The molecule has 80 valence electrons. The minimum atomic E-state index is -0.294. The Hall–Kier alpha value is -1.49. The molecule has 0 aliphatic carbocycles. The Kier molecular flexibility index (Phi) is 2.91. The molecule has 1 aromatic rings. The average molecular weight is 208 g/mol. The lowest BCUT2D eigenvalue weighted by Gasteiger charge is -2.20. The molecule has 0 spiro atoms. The number of methoxy groups -OCH3 is 1. The number of rotatable bonds is 2. The molecule has 1 aromatic heterocycles. The van der Waals surface area contributed by atoms with Gasteiger partial charge in [0, 0.05) is 12.8 Å². The fourth-order valence-electron chi connectivity index (χ4n) is 1.45. The summed E-state index contributed by atoms with van der Waals surface area (Å²) in [5, 5.41) is 0. The number of ether oxygens (including phenoxy) is 2. The van der Waals surface area contributed by atoms with Crippen molar-refractivity contribution in [3.63, 3.8) is 0 Å². The Morgan fingerprint density at radius 2 is 2.20 bits per heavy atom. The van der Waals surface area contributed by atoms with Crippen LogP contribution in [0, 0.1) is 0 Å². The summed E-state index contributed by atoms with van der Waals surface area (Å²) < 4.78 is 10.4. The molecule has 15 heavy (non-hydrogen) atoms. The normalized spacial score (nSPS) is 21.4. The molecule has 1 unspecified atom stereocenters. The second kappa shape index (κ2) is 4.35. The number of hydrogen-bond acceptors (Lipinski definition) is 5. The standard InChI is InChI=1S/C10H12N2O3/c1-14-8-5-11-10(12-6-8)9-4-7(13)2-3-15-9/h5-6,9H,2-4H2,1H3. The van der Waals surface area contributed by atoms with Gasteiger partial charge in [0.05, 0.1) is 26.1 Å². The number of aromatic nitrogens is 2. The molecule has 1 saturated heterocycles. The van der Waals surface area contributed by atoms with Crippen LogP contribution in [0.2, 0.25) is 0 Å². The Labute approximate surface area is 87.4 Å². The SMILES string of the molecule is COc1cnc(C2CC(=O)CCO2)nc1. The number of nitrogens with zero attached hydrogens (tertiary/aromatic N) is 2. The van der Waals surface area contributed by atoms with Crippen LogP contribution in [0.4, 0.5) is 0 Å². The first-order chi connectivity index (χ1) is 7.29. The minimum absolute atomic E-state index is 0.200. The van der Waals surface area contributed by atoms with Crippen LogP contribution < -0.4 is 4.74 Å². The molecule has 0 aromatic carbocycles. The highest BCUT2D eigenvalue weighted by Gasteiger charge is 2.23. The van der Waals surface area contributed by atoms with E-state index in [4.69, 9.17) is 9.47 Å². The van der Waals surface area contributed by atoms with Crippen LogP contribution in [0.3, 0.4) is 0 Å². The third kappa shape index (κ3) is 2.30. The van der Waals surface area contributed by atoms with Gasteiger partial charge >= 0.3 is 0 Å². The molecule has 1 aliphatic heterocycles. The highest BCUT2D eigenvalue weighted by molar-refractivity contribution is 5.79. The summed E-state index contributed by atoms with van der Waals surface area (Å²) in [6, 6.07) is 0. The zero-order valence-electron chi connectivity index (χ0n) is 8.47. The van der Waals surface area contributed by atoms with Crippen molar-refractivity contribution in [2.45, 2.75) is 18.9 Å². The predicted octanol–water partition coefficient (Wildman–Crippen LogP) is 0.906. The van der Waals surface area contributed by atoms with E-state index in [-0.39, 0.29) is 11.9 Å². The van der Waals surface area contributed by atoms with Gasteiger partial charge in [-0.05, 0) is 0 Å². The van der Waals surface area contributed by atoms with Crippen LogP contribution in [0.15, 0.2) is 12.4 Å². The molecule has 1 atom stereocenters. The van der Waals surface area contributed by atoms with Crippen molar-refractivity contribution in [3.05, 3.63) is 18.2 Å².